The van der Waals surface area contributed by atoms with Crippen LogP contribution in [-0.4, -0.2) is 48.5 Å². The number of amides is 1. The molecule has 0 unspecified atom stereocenters. The van der Waals surface area contributed by atoms with Crippen LogP contribution in [0.4, 0.5) is 0 Å². The maximum atomic E-state index is 13.5. The molecule has 2 atom stereocenters. The van der Waals surface area contributed by atoms with Crippen LogP contribution in [-0.2, 0) is 20.7 Å². The molecule has 186 valence electrons. The molecule has 2 aromatic rings. The van der Waals surface area contributed by atoms with Gasteiger partial charge < -0.3 is 19.5 Å². The molecule has 1 N–H and O–H groups in total. The fourth-order valence-electron chi connectivity index (χ4n) is 5.57. The molecule has 1 fully saturated rings. The molecule has 0 bridgehead atoms. The first kappa shape index (κ1) is 24.1. The van der Waals surface area contributed by atoms with E-state index in [9.17, 15) is 4.79 Å². The number of hydrogen-bond donors (Lipinski definition) is 1. The van der Waals surface area contributed by atoms with Crippen molar-refractivity contribution in [3.8, 4) is 11.1 Å². The summed E-state index contributed by atoms with van der Waals surface area (Å²) in [5, 5.41) is 9.09. The van der Waals surface area contributed by atoms with Gasteiger partial charge in [-0.05, 0) is 66.0 Å². The molecule has 0 spiro atoms. The van der Waals surface area contributed by atoms with Gasteiger partial charge in [0.2, 0.25) is 6.29 Å². The predicted octanol–water partition coefficient (Wildman–Crippen LogP) is 5.55. The van der Waals surface area contributed by atoms with E-state index in [1.165, 1.54) is 47.1 Å². The van der Waals surface area contributed by atoms with Crippen LogP contribution >= 0.6 is 0 Å². The topological polar surface area (TPSA) is 59.0 Å². The maximum absolute atomic E-state index is 13.5. The van der Waals surface area contributed by atoms with E-state index in [0.29, 0.717) is 25.2 Å². The van der Waals surface area contributed by atoms with Crippen LogP contribution in [0.5, 0.6) is 0 Å². The van der Waals surface area contributed by atoms with E-state index in [4.69, 9.17) is 14.6 Å². The number of carbonyl (C=O) groups is 1. The lowest BCUT2D eigenvalue weighted by Gasteiger charge is -2.32. The quantitative estimate of drug-likeness (QED) is 0.455. The number of unbranched alkanes of at least 4 members (excludes halogenated alkanes) is 1. The summed E-state index contributed by atoms with van der Waals surface area (Å²) in [7, 11) is 0. The summed E-state index contributed by atoms with van der Waals surface area (Å²) in [4.78, 5) is 15.5. The number of rotatable bonds is 7. The molecule has 35 heavy (non-hydrogen) atoms. The van der Waals surface area contributed by atoms with E-state index in [1.54, 1.807) is 0 Å². The third kappa shape index (κ3) is 5.62. The Balaban J connectivity index is 1.37. The second kappa shape index (κ2) is 11.4. The van der Waals surface area contributed by atoms with Crippen LogP contribution in [0, 0.1) is 0 Å². The monoisotopic (exact) mass is 475 g/mol. The number of likely N-dealkylation sites (tertiary alicyclic amines) is 1. The number of ether oxygens (including phenoxy) is 2. The Labute approximate surface area is 208 Å². The highest BCUT2D eigenvalue weighted by atomic mass is 16.7. The smallest absolute Gasteiger partial charge is 0.288 e. The number of aliphatic hydroxyl groups excluding tert-OH is 1. The van der Waals surface area contributed by atoms with Crippen molar-refractivity contribution in [3.63, 3.8) is 0 Å². The fourth-order valence-corrected chi connectivity index (χ4v) is 5.57. The van der Waals surface area contributed by atoms with Crippen molar-refractivity contribution in [2.24, 2.45) is 0 Å². The molecular formula is C30H37NO4. The van der Waals surface area contributed by atoms with Crippen LogP contribution in [0.3, 0.4) is 0 Å². The maximum Gasteiger partial charge on any atom is 0.288 e. The van der Waals surface area contributed by atoms with Crippen molar-refractivity contribution < 1.29 is 19.4 Å². The van der Waals surface area contributed by atoms with E-state index in [2.05, 4.69) is 42.5 Å². The van der Waals surface area contributed by atoms with Gasteiger partial charge in [-0.1, -0.05) is 61.7 Å². The Bertz CT molecular complexity index is 1050. The predicted molar refractivity (Wildman–Crippen MR) is 137 cm³/mol. The third-order valence-corrected chi connectivity index (χ3v) is 7.51. The molecule has 2 heterocycles. The van der Waals surface area contributed by atoms with Crippen LogP contribution in [0.15, 0.2) is 54.3 Å². The van der Waals surface area contributed by atoms with Crippen LogP contribution in [0.25, 0.3) is 11.1 Å². The number of nitrogens with zero attached hydrogens (tertiary/aromatic N) is 1. The average Bonchev–Trinajstić information content (AvgIpc) is 3.24. The Morgan fingerprint density at radius 1 is 0.971 bits per heavy atom. The minimum Gasteiger partial charge on any atom is -0.459 e. The molecule has 2 aliphatic heterocycles. The minimum absolute atomic E-state index is 0.00544. The molecule has 3 aliphatic rings. The lowest BCUT2D eigenvalue weighted by Crippen LogP contribution is -2.38. The normalized spacial score (nSPS) is 21.9. The standard InChI is InChI=1S/C30H37NO4/c32-16-8-9-17-34-29-21-24(20-28(35-29)30(33)31-14-6-2-1-3-7-15-31)22-12-13-27-25(18-22)19-23-10-4-5-11-26(23)27/h4-5,10-13,18,20,24,29,32H,1-3,6-9,14-17,19,21H2/t24-,29+/m0/s1. The van der Waals surface area contributed by atoms with Gasteiger partial charge in [0.05, 0.1) is 6.61 Å². The first-order valence-electron chi connectivity index (χ1n) is 13.3. The second-order valence-electron chi connectivity index (χ2n) is 10.0. The van der Waals surface area contributed by atoms with Crippen molar-refractivity contribution in [1.29, 1.82) is 0 Å². The molecule has 2 aromatic carbocycles. The fraction of sp³-hybridized carbons (Fsp3) is 0.500. The van der Waals surface area contributed by atoms with Gasteiger partial charge in [0.1, 0.15) is 0 Å². The first-order chi connectivity index (χ1) is 17.2. The lowest BCUT2D eigenvalue weighted by molar-refractivity contribution is -0.153. The second-order valence-corrected chi connectivity index (χ2v) is 10.0. The van der Waals surface area contributed by atoms with Gasteiger partial charge in [-0.25, -0.2) is 0 Å². The van der Waals surface area contributed by atoms with Crippen LogP contribution in [0.2, 0.25) is 0 Å². The van der Waals surface area contributed by atoms with E-state index < -0.39 is 6.29 Å². The highest BCUT2D eigenvalue weighted by molar-refractivity contribution is 5.91. The van der Waals surface area contributed by atoms with Crippen molar-refractivity contribution >= 4 is 5.91 Å². The summed E-state index contributed by atoms with van der Waals surface area (Å²) >= 11 is 0. The largest absolute Gasteiger partial charge is 0.459 e. The SMILES string of the molecule is O=C(C1=C[C@H](c2ccc3c(c2)Cc2ccccc2-3)C[C@H](OCCCCO)O1)N1CCCCCCC1. The third-order valence-electron chi connectivity index (χ3n) is 7.51. The van der Waals surface area contributed by atoms with Gasteiger partial charge in [0.25, 0.3) is 5.91 Å². The van der Waals surface area contributed by atoms with Gasteiger partial charge in [-0.3, -0.25) is 4.79 Å². The molecule has 0 saturated carbocycles. The zero-order valence-electron chi connectivity index (χ0n) is 20.6. The van der Waals surface area contributed by atoms with E-state index in [0.717, 1.165) is 38.8 Å². The van der Waals surface area contributed by atoms with Crippen molar-refractivity contribution in [2.45, 2.75) is 70.0 Å². The molecule has 1 saturated heterocycles. The molecule has 5 rings (SSSR count). The van der Waals surface area contributed by atoms with Gasteiger partial charge >= 0.3 is 0 Å². The van der Waals surface area contributed by atoms with E-state index in [1.807, 2.05) is 11.0 Å². The molecule has 5 nitrogen and oxygen atoms in total. The summed E-state index contributed by atoms with van der Waals surface area (Å²) < 4.78 is 12.2. The summed E-state index contributed by atoms with van der Waals surface area (Å²) in [6, 6.07) is 15.4. The van der Waals surface area contributed by atoms with E-state index >= 15 is 0 Å². The number of benzene rings is 2. The molecule has 1 amide bonds. The van der Waals surface area contributed by atoms with E-state index in [-0.39, 0.29) is 18.4 Å². The number of carbonyl (C=O) groups excluding carboxylic acids is 1. The zero-order valence-corrected chi connectivity index (χ0v) is 20.6. The first-order valence-corrected chi connectivity index (χ1v) is 13.3. The molecule has 1 aliphatic carbocycles. The minimum atomic E-state index is -0.456. The van der Waals surface area contributed by atoms with Crippen molar-refractivity contribution in [1.82, 2.24) is 4.90 Å². The summed E-state index contributed by atoms with van der Waals surface area (Å²) in [6.45, 7) is 2.27. The number of fused-ring (bicyclic) bond motifs is 3. The average molecular weight is 476 g/mol. The summed E-state index contributed by atoms with van der Waals surface area (Å²) in [5.74, 6) is 0.487. The number of hydrogen-bond acceptors (Lipinski definition) is 4. The van der Waals surface area contributed by atoms with Crippen LogP contribution in [0.1, 0.15) is 74.0 Å². The molecule has 0 aromatic heterocycles. The highest BCUT2D eigenvalue weighted by Crippen LogP contribution is 2.40. The summed E-state index contributed by atoms with van der Waals surface area (Å²) in [6.07, 6.45) is 10.4. The Morgan fingerprint density at radius 3 is 2.57 bits per heavy atom. The number of allylic oxidation sites excluding steroid dienone is 1. The van der Waals surface area contributed by atoms with Gasteiger partial charge in [-0.2, -0.15) is 0 Å². The number of aliphatic hydroxyl groups is 1. The van der Waals surface area contributed by atoms with Crippen molar-refractivity contribution in [3.05, 3.63) is 71.0 Å². The Morgan fingerprint density at radius 2 is 1.74 bits per heavy atom. The molecular weight excluding hydrogens is 438 g/mol. The van der Waals surface area contributed by atoms with Crippen LogP contribution < -0.4 is 0 Å². The Kier molecular flexibility index (Phi) is 7.85. The molecule has 0 radical (unpaired) electrons. The molecule has 5 heteroatoms. The zero-order chi connectivity index (χ0) is 24.0. The van der Waals surface area contributed by atoms with Crippen molar-refractivity contribution in [2.75, 3.05) is 26.3 Å². The highest BCUT2D eigenvalue weighted by Gasteiger charge is 2.31. The summed E-state index contributed by atoms with van der Waals surface area (Å²) in [5.41, 5.74) is 6.58. The van der Waals surface area contributed by atoms with Gasteiger partial charge in [0, 0.05) is 32.0 Å². The lowest BCUT2D eigenvalue weighted by atomic mass is 9.90. The van der Waals surface area contributed by atoms with Gasteiger partial charge in [-0.15, -0.1) is 0 Å². The Hall–Kier alpha value is -2.63. The van der Waals surface area contributed by atoms with Gasteiger partial charge in [0.15, 0.2) is 5.76 Å².